The standard InChI is InChI=1S/C20H31N3O2/c1-20(2,3)16-9-7-15(8-10-16)19(25)23-13-5-4-6-17(23)14-22-18(24)11-12-21/h7-10,17H,4-6,11-14,21H2,1-3H3,(H,22,24). The van der Waals surface area contributed by atoms with E-state index in [0.29, 0.717) is 25.1 Å². The number of rotatable bonds is 5. The molecule has 2 rings (SSSR count). The first-order valence-corrected chi connectivity index (χ1v) is 9.21. The number of nitrogens with two attached hydrogens (primary N) is 1. The van der Waals surface area contributed by atoms with Crippen molar-refractivity contribution < 1.29 is 9.59 Å². The second-order valence-corrected chi connectivity index (χ2v) is 7.82. The Hall–Kier alpha value is -1.88. The first-order valence-electron chi connectivity index (χ1n) is 9.21. The van der Waals surface area contributed by atoms with E-state index in [9.17, 15) is 9.59 Å². The quantitative estimate of drug-likeness (QED) is 0.861. The van der Waals surface area contributed by atoms with E-state index in [1.165, 1.54) is 5.56 Å². The van der Waals surface area contributed by atoms with Gasteiger partial charge in [0.2, 0.25) is 5.91 Å². The summed E-state index contributed by atoms with van der Waals surface area (Å²) in [5, 5.41) is 2.91. The van der Waals surface area contributed by atoms with Gasteiger partial charge in [0.15, 0.2) is 0 Å². The Bertz CT molecular complexity index is 590. The highest BCUT2D eigenvalue weighted by Crippen LogP contribution is 2.24. The number of hydrogen-bond acceptors (Lipinski definition) is 3. The van der Waals surface area contributed by atoms with Crippen LogP contribution >= 0.6 is 0 Å². The normalized spacial score (nSPS) is 18.1. The lowest BCUT2D eigenvalue weighted by Crippen LogP contribution is -2.49. The highest BCUT2D eigenvalue weighted by atomic mass is 16.2. The summed E-state index contributed by atoms with van der Waals surface area (Å²) >= 11 is 0. The highest BCUT2D eigenvalue weighted by molar-refractivity contribution is 5.94. The van der Waals surface area contributed by atoms with Gasteiger partial charge in [-0.25, -0.2) is 0 Å². The van der Waals surface area contributed by atoms with Gasteiger partial charge in [0.05, 0.1) is 0 Å². The van der Waals surface area contributed by atoms with E-state index >= 15 is 0 Å². The van der Waals surface area contributed by atoms with Crippen LogP contribution in [0.4, 0.5) is 0 Å². The number of piperidine rings is 1. The van der Waals surface area contributed by atoms with Crippen molar-refractivity contribution in [1.82, 2.24) is 10.2 Å². The van der Waals surface area contributed by atoms with Crippen LogP contribution in [0.15, 0.2) is 24.3 Å². The van der Waals surface area contributed by atoms with Gasteiger partial charge in [-0.1, -0.05) is 32.9 Å². The first-order chi connectivity index (χ1) is 11.8. The molecule has 1 saturated heterocycles. The minimum atomic E-state index is -0.0463. The molecular formula is C20H31N3O2. The Morgan fingerprint density at radius 2 is 1.88 bits per heavy atom. The largest absolute Gasteiger partial charge is 0.354 e. The van der Waals surface area contributed by atoms with Crippen molar-refractivity contribution in [2.45, 2.75) is 57.9 Å². The van der Waals surface area contributed by atoms with Crippen LogP contribution < -0.4 is 11.1 Å². The van der Waals surface area contributed by atoms with Crippen molar-refractivity contribution in [3.63, 3.8) is 0 Å². The Balaban J connectivity index is 2.05. The second-order valence-electron chi connectivity index (χ2n) is 7.82. The summed E-state index contributed by atoms with van der Waals surface area (Å²) in [5.74, 6) is 0.00763. The van der Waals surface area contributed by atoms with Gasteiger partial charge in [-0.15, -0.1) is 0 Å². The molecule has 2 amide bonds. The van der Waals surface area contributed by atoms with Gasteiger partial charge in [0.1, 0.15) is 0 Å². The van der Waals surface area contributed by atoms with Gasteiger partial charge in [-0.05, 0) is 42.4 Å². The maximum Gasteiger partial charge on any atom is 0.254 e. The van der Waals surface area contributed by atoms with Crippen LogP contribution in [0.25, 0.3) is 0 Å². The lowest BCUT2D eigenvalue weighted by molar-refractivity contribution is -0.121. The van der Waals surface area contributed by atoms with Gasteiger partial charge < -0.3 is 16.0 Å². The maximum atomic E-state index is 12.9. The summed E-state index contributed by atoms with van der Waals surface area (Å²) in [6, 6.07) is 7.97. The SMILES string of the molecule is CC(C)(C)c1ccc(C(=O)N2CCCCC2CNC(=O)CCN)cc1. The Morgan fingerprint density at radius 3 is 2.48 bits per heavy atom. The molecule has 1 heterocycles. The Kier molecular flexibility index (Phi) is 6.59. The van der Waals surface area contributed by atoms with Gasteiger partial charge in [0.25, 0.3) is 5.91 Å². The third kappa shape index (κ3) is 5.30. The summed E-state index contributed by atoms with van der Waals surface area (Å²) in [4.78, 5) is 26.5. The summed E-state index contributed by atoms with van der Waals surface area (Å²) in [6.07, 6.45) is 3.35. The zero-order chi connectivity index (χ0) is 18.4. The van der Waals surface area contributed by atoms with Crippen molar-refractivity contribution in [2.24, 2.45) is 5.73 Å². The molecule has 3 N–H and O–H groups in total. The summed E-state index contributed by atoms with van der Waals surface area (Å²) in [7, 11) is 0. The predicted molar refractivity (Wildman–Crippen MR) is 100 cm³/mol. The lowest BCUT2D eigenvalue weighted by Gasteiger charge is -2.36. The lowest BCUT2D eigenvalue weighted by atomic mass is 9.86. The van der Waals surface area contributed by atoms with Gasteiger partial charge in [-0.3, -0.25) is 9.59 Å². The smallest absolute Gasteiger partial charge is 0.254 e. The molecule has 0 bridgehead atoms. The molecule has 1 aromatic carbocycles. The van der Waals surface area contributed by atoms with E-state index in [4.69, 9.17) is 5.73 Å². The molecule has 1 aliphatic rings. The average Bonchev–Trinajstić information content (AvgIpc) is 2.59. The number of nitrogens with one attached hydrogen (secondary N) is 1. The number of hydrogen-bond donors (Lipinski definition) is 2. The summed E-state index contributed by atoms with van der Waals surface area (Å²) in [6.45, 7) is 8.08. The summed E-state index contributed by atoms with van der Waals surface area (Å²) in [5.41, 5.74) is 7.41. The van der Waals surface area contributed by atoms with Crippen LogP contribution in [0.2, 0.25) is 0 Å². The summed E-state index contributed by atoms with van der Waals surface area (Å²) < 4.78 is 0. The maximum absolute atomic E-state index is 12.9. The van der Waals surface area contributed by atoms with Crippen LogP contribution in [0.3, 0.4) is 0 Å². The molecule has 1 aromatic rings. The van der Waals surface area contributed by atoms with Gasteiger partial charge >= 0.3 is 0 Å². The number of amides is 2. The number of carbonyl (C=O) groups is 2. The van der Waals surface area contributed by atoms with Crippen LogP contribution in [0.5, 0.6) is 0 Å². The zero-order valence-corrected chi connectivity index (χ0v) is 15.7. The molecule has 1 aliphatic heterocycles. The molecule has 25 heavy (non-hydrogen) atoms. The van der Waals surface area contributed by atoms with Crippen LogP contribution in [-0.4, -0.2) is 42.4 Å². The molecule has 138 valence electrons. The molecule has 0 aromatic heterocycles. The van der Waals surface area contributed by atoms with Crippen molar-refractivity contribution in [3.8, 4) is 0 Å². The third-order valence-corrected chi connectivity index (χ3v) is 4.79. The molecule has 1 unspecified atom stereocenters. The topological polar surface area (TPSA) is 75.4 Å². The van der Waals surface area contributed by atoms with Crippen molar-refractivity contribution >= 4 is 11.8 Å². The Labute approximate surface area is 151 Å². The third-order valence-electron chi connectivity index (χ3n) is 4.79. The van der Waals surface area contributed by atoms with Crippen molar-refractivity contribution in [1.29, 1.82) is 0 Å². The molecule has 0 saturated carbocycles. The van der Waals surface area contributed by atoms with E-state index in [2.05, 4.69) is 26.1 Å². The first kappa shape index (κ1) is 19.4. The zero-order valence-electron chi connectivity index (χ0n) is 15.7. The number of carbonyl (C=O) groups excluding carboxylic acids is 2. The molecule has 5 nitrogen and oxygen atoms in total. The van der Waals surface area contributed by atoms with Crippen LogP contribution in [0, 0.1) is 0 Å². The van der Waals surface area contributed by atoms with Gasteiger partial charge in [0, 0.05) is 37.7 Å². The second kappa shape index (κ2) is 8.48. The van der Waals surface area contributed by atoms with E-state index in [1.54, 1.807) is 0 Å². The number of nitrogens with zero attached hydrogens (tertiary/aromatic N) is 1. The Morgan fingerprint density at radius 1 is 1.20 bits per heavy atom. The molecular weight excluding hydrogens is 314 g/mol. The fourth-order valence-corrected chi connectivity index (χ4v) is 3.21. The van der Waals surface area contributed by atoms with Crippen molar-refractivity contribution in [2.75, 3.05) is 19.6 Å². The minimum absolute atomic E-state index is 0.0463. The average molecular weight is 345 g/mol. The molecule has 0 aliphatic carbocycles. The van der Waals surface area contributed by atoms with Gasteiger partial charge in [-0.2, -0.15) is 0 Å². The number of likely N-dealkylation sites (tertiary alicyclic amines) is 1. The van der Waals surface area contributed by atoms with E-state index in [-0.39, 0.29) is 23.3 Å². The molecule has 5 heteroatoms. The minimum Gasteiger partial charge on any atom is -0.354 e. The predicted octanol–water partition coefficient (Wildman–Crippen LogP) is 2.44. The fraction of sp³-hybridized carbons (Fsp3) is 0.600. The number of benzene rings is 1. The molecule has 0 radical (unpaired) electrons. The van der Waals surface area contributed by atoms with E-state index in [0.717, 1.165) is 25.8 Å². The fourth-order valence-electron chi connectivity index (χ4n) is 3.21. The molecule has 1 atom stereocenters. The van der Waals surface area contributed by atoms with Crippen LogP contribution in [-0.2, 0) is 10.2 Å². The van der Waals surface area contributed by atoms with Crippen LogP contribution in [0.1, 0.15) is 62.4 Å². The highest BCUT2D eigenvalue weighted by Gasteiger charge is 2.28. The monoisotopic (exact) mass is 345 g/mol. The van der Waals surface area contributed by atoms with Crippen molar-refractivity contribution in [3.05, 3.63) is 35.4 Å². The van der Waals surface area contributed by atoms with E-state index < -0.39 is 0 Å². The molecule has 1 fully saturated rings. The molecule has 0 spiro atoms. The van der Waals surface area contributed by atoms with E-state index in [1.807, 2.05) is 29.2 Å².